The first kappa shape index (κ1) is 22.2. The van der Waals surface area contributed by atoms with Gasteiger partial charge in [0.25, 0.3) is 11.5 Å². The van der Waals surface area contributed by atoms with Crippen LogP contribution in [0.1, 0.15) is 27.6 Å². The van der Waals surface area contributed by atoms with Crippen LogP contribution in [0.4, 0.5) is 5.69 Å². The third kappa shape index (κ3) is 3.98. The van der Waals surface area contributed by atoms with Gasteiger partial charge < -0.3 is 23.9 Å². The lowest BCUT2D eigenvalue weighted by molar-refractivity contribution is 0.0526. The van der Waals surface area contributed by atoms with Crippen molar-refractivity contribution in [2.75, 3.05) is 26.1 Å². The van der Waals surface area contributed by atoms with E-state index in [0.717, 1.165) is 0 Å². The van der Waals surface area contributed by atoms with Crippen molar-refractivity contribution in [3.05, 3.63) is 69.0 Å². The van der Waals surface area contributed by atoms with E-state index in [1.54, 1.807) is 25.1 Å². The van der Waals surface area contributed by atoms with Crippen molar-refractivity contribution in [1.82, 2.24) is 4.40 Å². The van der Waals surface area contributed by atoms with Gasteiger partial charge in [-0.05, 0) is 49.4 Å². The number of anilines is 1. The quantitative estimate of drug-likeness (QED) is 0.422. The van der Waals surface area contributed by atoms with Gasteiger partial charge in [0.15, 0.2) is 17.1 Å². The fourth-order valence-electron chi connectivity index (χ4n) is 3.39. The zero-order chi connectivity index (χ0) is 23.7. The molecule has 2 heterocycles. The summed E-state index contributed by atoms with van der Waals surface area (Å²) in [5.41, 5.74) is 0.118. The van der Waals surface area contributed by atoms with Crippen molar-refractivity contribution in [2.24, 2.45) is 0 Å². The van der Waals surface area contributed by atoms with Gasteiger partial charge in [0, 0.05) is 10.6 Å². The van der Waals surface area contributed by atoms with Crippen LogP contribution in [0.2, 0.25) is 5.02 Å². The van der Waals surface area contributed by atoms with Crippen molar-refractivity contribution < 1.29 is 28.2 Å². The number of esters is 1. The minimum atomic E-state index is -0.707. The van der Waals surface area contributed by atoms with Crippen LogP contribution in [0.25, 0.3) is 16.8 Å². The molecule has 33 heavy (non-hydrogen) atoms. The number of halogens is 1. The number of ether oxygens (including phenoxy) is 3. The number of aromatic nitrogens is 1. The highest BCUT2D eigenvalue weighted by Crippen LogP contribution is 2.29. The average Bonchev–Trinajstić information content (AvgIpc) is 3.19. The van der Waals surface area contributed by atoms with E-state index >= 15 is 0 Å². The number of carbonyl (C=O) groups is 2. The molecule has 1 N–H and O–H groups in total. The van der Waals surface area contributed by atoms with Crippen molar-refractivity contribution in [3.8, 4) is 11.5 Å². The number of nitrogens with one attached hydrogen (secondary N) is 1. The highest BCUT2D eigenvalue weighted by Gasteiger charge is 2.23. The van der Waals surface area contributed by atoms with Gasteiger partial charge in [-0.2, -0.15) is 0 Å². The van der Waals surface area contributed by atoms with E-state index in [4.69, 9.17) is 30.2 Å². The lowest BCUT2D eigenvalue weighted by Gasteiger charge is -2.11. The second kappa shape index (κ2) is 8.87. The first-order chi connectivity index (χ1) is 15.9. The monoisotopic (exact) mass is 470 g/mol. The molecule has 0 saturated heterocycles. The Kier molecular flexibility index (Phi) is 5.97. The van der Waals surface area contributed by atoms with Gasteiger partial charge in [-0.1, -0.05) is 11.6 Å². The topological polar surface area (TPSA) is 108 Å². The molecule has 170 valence electrons. The standard InChI is InChI=1S/C23H19ClN2O7/c1-4-32-23(29)14-11-15(25-20(27)12-5-7-18(30-2)19(9-12)31-3)21(28)26-16-10-13(24)6-8-17(16)33-22(14)26/h5-11H,4H2,1-3H3,(H,25,27). The first-order valence-electron chi connectivity index (χ1n) is 9.86. The molecule has 9 nitrogen and oxygen atoms in total. The normalized spacial score (nSPS) is 10.9. The molecule has 4 rings (SSSR count). The summed E-state index contributed by atoms with van der Waals surface area (Å²) >= 11 is 6.10. The molecule has 2 aromatic carbocycles. The third-order valence-electron chi connectivity index (χ3n) is 4.91. The van der Waals surface area contributed by atoms with Crippen LogP contribution in [-0.2, 0) is 4.74 Å². The Hall–Kier alpha value is -3.98. The van der Waals surface area contributed by atoms with E-state index in [9.17, 15) is 14.4 Å². The number of benzene rings is 2. The average molecular weight is 471 g/mol. The molecule has 2 aromatic heterocycles. The summed E-state index contributed by atoms with van der Waals surface area (Å²) in [6.07, 6.45) is 0. The molecule has 10 heteroatoms. The molecule has 0 aliphatic heterocycles. The van der Waals surface area contributed by atoms with Gasteiger partial charge in [0.05, 0.1) is 26.3 Å². The Morgan fingerprint density at radius 3 is 2.52 bits per heavy atom. The summed E-state index contributed by atoms with van der Waals surface area (Å²) in [5.74, 6) is -0.502. The summed E-state index contributed by atoms with van der Waals surface area (Å²) in [6, 6.07) is 10.5. The van der Waals surface area contributed by atoms with Gasteiger partial charge in [-0.3, -0.25) is 9.59 Å². The molecule has 0 unspecified atom stereocenters. The zero-order valence-electron chi connectivity index (χ0n) is 17.9. The Balaban J connectivity index is 1.87. The molecule has 0 atom stereocenters. The number of nitrogens with zero attached hydrogens (tertiary/aromatic N) is 1. The number of hydrogen-bond donors (Lipinski definition) is 1. The summed E-state index contributed by atoms with van der Waals surface area (Å²) < 4.78 is 22.4. The van der Waals surface area contributed by atoms with Crippen LogP contribution >= 0.6 is 11.6 Å². The lowest BCUT2D eigenvalue weighted by Crippen LogP contribution is -2.24. The van der Waals surface area contributed by atoms with E-state index < -0.39 is 17.4 Å². The molecule has 0 bridgehead atoms. The minimum Gasteiger partial charge on any atom is -0.493 e. The highest BCUT2D eigenvalue weighted by atomic mass is 35.5. The first-order valence-corrected chi connectivity index (χ1v) is 10.2. The van der Waals surface area contributed by atoms with Gasteiger partial charge in [0.1, 0.15) is 11.3 Å². The predicted molar refractivity (Wildman–Crippen MR) is 122 cm³/mol. The number of amides is 1. The van der Waals surface area contributed by atoms with E-state index in [2.05, 4.69) is 5.32 Å². The third-order valence-corrected chi connectivity index (χ3v) is 5.15. The van der Waals surface area contributed by atoms with E-state index in [-0.39, 0.29) is 29.1 Å². The van der Waals surface area contributed by atoms with Crippen LogP contribution in [0.3, 0.4) is 0 Å². The Labute approximate surface area is 192 Å². The van der Waals surface area contributed by atoms with Crippen molar-refractivity contribution in [3.63, 3.8) is 0 Å². The highest BCUT2D eigenvalue weighted by molar-refractivity contribution is 6.31. The predicted octanol–water partition coefficient (Wildman–Crippen LogP) is 4.15. The molecular formula is C23H19ClN2O7. The molecule has 0 aliphatic rings. The van der Waals surface area contributed by atoms with Gasteiger partial charge in [-0.25, -0.2) is 9.20 Å². The van der Waals surface area contributed by atoms with E-state index in [0.29, 0.717) is 27.6 Å². The zero-order valence-corrected chi connectivity index (χ0v) is 18.7. The fraction of sp³-hybridized carbons (Fsp3) is 0.174. The van der Waals surface area contributed by atoms with Crippen LogP contribution in [-0.4, -0.2) is 37.1 Å². The second-order valence-corrected chi connectivity index (χ2v) is 7.31. The van der Waals surface area contributed by atoms with Crippen LogP contribution in [0.15, 0.2) is 51.7 Å². The molecular weight excluding hydrogens is 452 g/mol. The van der Waals surface area contributed by atoms with Gasteiger partial charge in [-0.15, -0.1) is 0 Å². The molecule has 0 spiro atoms. The summed E-state index contributed by atoms with van der Waals surface area (Å²) in [6.45, 7) is 1.77. The number of pyridine rings is 1. The number of hydrogen-bond acceptors (Lipinski definition) is 7. The molecule has 0 fully saturated rings. The summed E-state index contributed by atoms with van der Waals surface area (Å²) in [4.78, 5) is 38.8. The fourth-order valence-corrected chi connectivity index (χ4v) is 3.56. The molecule has 0 aliphatic carbocycles. The maximum Gasteiger partial charge on any atom is 0.343 e. The SMILES string of the molecule is CCOC(=O)c1cc(NC(=O)c2ccc(OC)c(OC)c2)c(=O)n2c1oc1ccc(Cl)cc12. The smallest absolute Gasteiger partial charge is 0.343 e. The Morgan fingerprint density at radius 2 is 1.82 bits per heavy atom. The van der Waals surface area contributed by atoms with Crippen LogP contribution in [0, 0.1) is 0 Å². The number of oxazole rings is 1. The number of methoxy groups -OCH3 is 2. The Morgan fingerprint density at radius 1 is 1.06 bits per heavy atom. The molecule has 1 amide bonds. The maximum absolute atomic E-state index is 13.3. The Bertz CT molecular complexity index is 1450. The molecule has 0 saturated carbocycles. The number of rotatable bonds is 6. The number of carbonyl (C=O) groups excluding carboxylic acids is 2. The second-order valence-electron chi connectivity index (χ2n) is 6.88. The van der Waals surface area contributed by atoms with Crippen molar-refractivity contribution in [2.45, 2.75) is 6.92 Å². The van der Waals surface area contributed by atoms with E-state index in [1.807, 2.05) is 0 Å². The van der Waals surface area contributed by atoms with Gasteiger partial charge >= 0.3 is 5.97 Å². The van der Waals surface area contributed by atoms with Gasteiger partial charge in [0.2, 0.25) is 5.71 Å². The largest absolute Gasteiger partial charge is 0.493 e. The van der Waals surface area contributed by atoms with Crippen LogP contribution in [0.5, 0.6) is 11.5 Å². The molecule has 4 aromatic rings. The van der Waals surface area contributed by atoms with Crippen LogP contribution < -0.4 is 20.3 Å². The number of fused-ring (bicyclic) bond motifs is 3. The molecule has 0 radical (unpaired) electrons. The minimum absolute atomic E-state index is 0.0140. The summed E-state index contributed by atoms with van der Waals surface area (Å²) in [7, 11) is 2.92. The maximum atomic E-state index is 13.3. The summed E-state index contributed by atoms with van der Waals surface area (Å²) in [5, 5.41) is 2.93. The lowest BCUT2D eigenvalue weighted by atomic mass is 10.1. The van der Waals surface area contributed by atoms with Crippen molar-refractivity contribution in [1.29, 1.82) is 0 Å². The van der Waals surface area contributed by atoms with Crippen molar-refractivity contribution >= 4 is 46.0 Å². The van der Waals surface area contributed by atoms with E-state index in [1.165, 1.54) is 42.9 Å².